The SMILES string of the molecule is CC(C#N)(COc1ccc(C#N)cc1OC(F)(F)F)NC(=O)c1ccc(S(F)(F)(F)(F)F)cc1. The number of hydrogen-bond acceptors (Lipinski definition) is 5. The molecule has 2 aromatic rings. The molecule has 0 aliphatic carbocycles. The lowest BCUT2D eigenvalue weighted by Gasteiger charge is -2.40. The summed E-state index contributed by atoms with van der Waals surface area (Å²) in [6.45, 7) is 0.320. The van der Waals surface area contributed by atoms with Crippen LogP contribution in [-0.2, 0) is 0 Å². The van der Waals surface area contributed by atoms with Crippen LogP contribution in [0, 0.1) is 22.7 Å². The lowest BCUT2D eigenvalue weighted by atomic mass is 10.1. The van der Waals surface area contributed by atoms with Gasteiger partial charge in [-0.05, 0) is 43.3 Å². The van der Waals surface area contributed by atoms with Crippen LogP contribution in [0.3, 0.4) is 0 Å². The second-order valence-corrected chi connectivity index (χ2v) is 9.41. The third-order valence-corrected chi connectivity index (χ3v) is 5.18. The Morgan fingerprint density at radius 2 is 1.59 bits per heavy atom. The van der Waals surface area contributed by atoms with Gasteiger partial charge < -0.3 is 14.8 Å². The monoisotopic (exact) mass is 515 g/mol. The normalized spacial score (nSPS) is 15.5. The van der Waals surface area contributed by atoms with Crippen LogP contribution in [0.2, 0.25) is 0 Å². The molecular formula is C19H13F8N3O3S. The lowest BCUT2D eigenvalue weighted by molar-refractivity contribution is -0.275. The molecule has 1 atom stereocenters. The maximum atomic E-state index is 12.8. The predicted molar refractivity (Wildman–Crippen MR) is 103 cm³/mol. The molecule has 1 amide bonds. The molecule has 0 fully saturated rings. The van der Waals surface area contributed by atoms with E-state index in [1.54, 1.807) is 12.1 Å². The van der Waals surface area contributed by atoms with Gasteiger partial charge in [0.25, 0.3) is 5.91 Å². The third kappa shape index (κ3) is 7.14. The van der Waals surface area contributed by atoms with Crippen LogP contribution < -0.4 is 14.8 Å². The van der Waals surface area contributed by atoms with Gasteiger partial charge in [-0.2, -0.15) is 10.5 Å². The number of ether oxygens (including phenoxy) is 2. The van der Waals surface area contributed by atoms with Gasteiger partial charge >= 0.3 is 16.6 Å². The maximum Gasteiger partial charge on any atom is 0.573 e. The Morgan fingerprint density at radius 1 is 1.00 bits per heavy atom. The number of hydrogen-bond donors (Lipinski definition) is 1. The van der Waals surface area contributed by atoms with Crippen LogP contribution in [-0.4, -0.2) is 24.4 Å². The summed E-state index contributed by atoms with van der Waals surface area (Å²) in [5.41, 5.74) is -2.64. The Morgan fingerprint density at radius 3 is 2.06 bits per heavy atom. The number of alkyl halides is 3. The first-order valence-electron chi connectivity index (χ1n) is 8.76. The Bertz CT molecular complexity index is 1190. The lowest BCUT2D eigenvalue weighted by Crippen LogP contribution is -2.49. The van der Waals surface area contributed by atoms with Crippen LogP contribution in [0.5, 0.6) is 11.5 Å². The summed E-state index contributed by atoms with van der Waals surface area (Å²) in [5.74, 6) is -2.58. The molecule has 0 spiro atoms. The molecule has 6 nitrogen and oxygen atoms in total. The fourth-order valence-corrected chi connectivity index (χ4v) is 3.06. The van der Waals surface area contributed by atoms with Crippen LogP contribution in [0.4, 0.5) is 32.6 Å². The van der Waals surface area contributed by atoms with Gasteiger partial charge in [0.1, 0.15) is 11.5 Å². The smallest absolute Gasteiger partial charge is 0.486 e. The number of nitrogens with one attached hydrogen (secondary N) is 1. The first-order valence-corrected chi connectivity index (χ1v) is 10.7. The molecule has 34 heavy (non-hydrogen) atoms. The molecule has 0 saturated heterocycles. The summed E-state index contributed by atoms with van der Waals surface area (Å²) in [4.78, 5) is 10.1. The minimum absolute atomic E-state index is 0.00812. The molecule has 0 radical (unpaired) electrons. The third-order valence-electron chi connectivity index (χ3n) is 4.01. The molecule has 1 N–H and O–H groups in total. The standard InChI is InChI=1S/C19H13F8N3O3S/c1-18(10-29,11-32-15-7-2-12(9-28)8-16(15)33-19(20,21)22)30-17(31)13-3-5-14(6-4-13)34(23,24,25,26)27/h2-8H,11H2,1H3,(H,30,31). The van der Waals surface area contributed by atoms with Crippen molar-refractivity contribution in [3.8, 4) is 23.6 Å². The highest BCUT2D eigenvalue weighted by Gasteiger charge is 2.65. The first-order chi connectivity index (χ1) is 15.2. The van der Waals surface area contributed by atoms with Gasteiger partial charge in [0, 0.05) is 11.6 Å². The molecule has 0 heterocycles. The van der Waals surface area contributed by atoms with Crippen molar-refractivity contribution in [1.82, 2.24) is 5.32 Å². The van der Waals surface area contributed by atoms with Crippen molar-refractivity contribution in [1.29, 1.82) is 10.5 Å². The number of carbonyl (C=O) groups excluding carboxylic acids is 1. The highest BCUT2D eigenvalue weighted by atomic mass is 32.5. The zero-order valence-electron chi connectivity index (χ0n) is 16.8. The van der Waals surface area contributed by atoms with Gasteiger partial charge in [-0.25, -0.2) is 0 Å². The fraction of sp³-hybridized carbons (Fsp3) is 0.211. The molecular weight excluding hydrogens is 502 g/mol. The quantitative estimate of drug-likeness (QED) is 0.443. The van der Waals surface area contributed by atoms with E-state index >= 15 is 0 Å². The molecule has 0 saturated carbocycles. The second kappa shape index (κ2) is 7.95. The average molecular weight is 515 g/mol. The fourth-order valence-electron chi connectivity index (χ4n) is 2.41. The van der Waals surface area contributed by atoms with Crippen molar-refractivity contribution in [2.45, 2.75) is 23.7 Å². The molecule has 1 unspecified atom stereocenters. The highest BCUT2D eigenvalue weighted by Crippen LogP contribution is 3.02. The van der Waals surface area contributed by atoms with Crippen LogP contribution in [0.1, 0.15) is 22.8 Å². The maximum absolute atomic E-state index is 12.8. The number of rotatable bonds is 7. The van der Waals surface area contributed by atoms with Gasteiger partial charge in [0.15, 0.2) is 17.0 Å². The van der Waals surface area contributed by atoms with Crippen molar-refractivity contribution >= 4 is 16.1 Å². The van der Waals surface area contributed by atoms with Gasteiger partial charge in [0.2, 0.25) is 0 Å². The van der Waals surface area contributed by atoms with E-state index < -0.39 is 56.6 Å². The van der Waals surface area contributed by atoms with Crippen molar-refractivity contribution in [3.63, 3.8) is 0 Å². The van der Waals surface area contributed by atoms with E-state index in [1.165, 1.54) is 0 Å². The van der Waals surface area contributed by atoms with E-state index in [0.717, 1.165) is 25.1 Å². The van der Waals surface area contributed by atoms with Crippen LogP contribution >= 0.6 is 10.2 Å². The summed E-state index contributed by atoms with van der Waals surface area (Å²) in [6.07, 6.45) is -5.14. The first kappa shape index (κ1) is 26.5. The molecule has 15 heteroatoms. The molecule has 0 aromatic heterocycles. The van der Waals surface area contributed by atoms with E-state index in [2.05, 4.69) is 10.1 Å². The van der Waals surface area contributed by atoms with Gasteiger partial charge in [-0.1, -0.05) is 19.4 Å². The number of nitrogens with zero attached hydrogens (tertiary/aromatic N) is 2. The van der Waals surface area contributed by atoms with E-state index in [0.29, 0.717) is 12.1 Å². The number of amides is 1. The van der Waals surface area contributed by atoms with Crippen molar-refractivity contribution in [2.75, 3.05) is 6.61 Å². The molecule has 2 rings (SSSR count). The number of nitriles is 2. The molecule has 184 valence electrons. The minimum atomic E-state index is -9.95. The van der Waals surface area contributed by atoms with Crippen molar-refractivity contribution < 1.29 is 46.9 Å². The Kier molecular flexibility index (Phi) is 6.20. The van der Waals surface area contributed by atoms with Crippen LogP contribution in [0.15, 0.2) is 47.4 Å². The minimum Gasteiger partial charge on any atom is -0.486 e. The summed E-state index contributed by atoms with van der Waals surface area (Å²) >= 11 is 0. The summed E-state index contributed by atoms with van der Waals surface area (Å²) in [5, 5.41) is 20.3. The van der Waals surface area contributed by atoms with E-state index in [9.17, 15) is 42.7 Å². The molecule has 0 bridgehead atoms. The van der Waals surface area contributed by atoms with Gasteiger partial charge in [0.05, 0.1) is 17.7 Å². The van der Waals surface area contributed by atoms with Crippen molar-refractivity contribution in [2.24, 2.45) is 0 Å². The highest BCUT2D eigenvalue weighted by molar-refractivity contribution is 8.45. The Labute approximate surface area is 187 Å². The van der Waals surface area contributed by atoms with E-state index in [1.807, 2.05) is 0 Å². The summed E-state index contributed by atoms with van der Waals surface area (Å²) in [7, 11) is -9.95. The molecule has 2 aromatic carbocycles. The van der Waals surface area contributed by atoms with Gasteiger partial charge in [-0.15, -0.1) is 13.2 Å². The summed E-state index contributed by atoms with van der Waals surface area (Å²) < 4.78 is 111. The average Bonchev–Trinajstić information content (AvgIpc) is 2.70. The zero-order chi connectivity index (χ0) is 26.1. The number of carbonyl (C=O) groups is 1. The second-order valence-electron chi connectivity index (χ2n) is 7.00. The largest absolute Gasteiger partial charge is 0.573 e. The number of halogens is 8. The molecule has 0 aliphatic heterocycles. The van der Waals surface area contributed by atoms with Crippen LogP contribution in [0.25, 0.3) is 0 Å². The summed E-state index contributed by atoms with van der Waals surface area (Å²) in [6, 6.07) is 6.96. The van der Waals surface area contributed by atoms with Gasteiger partial charge in [-0.3, -0.25) is 4.79 Å². The van der Waals surface area contributed by atoms with Crippen molar-refractivity contribution in [3.05, 3.63) is 53.6 Å². The topological polar surface area (TPSA) is 95.1 Å². The predicted octanol–water partition coefficient (Wildman–Crippen LogP) is 6.21. The number of benzene rings is 2. The van der Waals surface area contributed by atoms with E-state index in [4.69, 9.17) is 10.00 Å². The van der Waals surface area contributed by atoms with E-state index in [-0.39, 0.29) is 17.7 Å². The Balaban J connectivity index is 2.20. The Hall–Kier alpha value is -3.72. The zero-order valence-corrected chi connectivity index (χ0v) is 17.6. The molecule has 0 aliphatic rings.